The van der Waals surface area contributed by atoms with Crippen LogP contribution in [-0.2, 0) is 5.54 Å². The summed E-state index contributed by atoms with van der Waals surface area (Å²) in [6, 6.07) is 2.31. The lowest BCUT2D eigenvalue weighted by Gasteiger charge is -2.27. The number of ether oxygens (including phenoxy) is 1. The quantitative estimate of drug-likeness (QED) is 0.903. The maximum absolute atomic E-state index is 14.0. The zero-order chi connectivity index (χ0) is 13.5. The van der Waals surface area contributed by atoms with Crippen molar-refractivity contribution in [2.24, 2.45) is 5.92 Å². The molecule has 1 aliphatic carbocycles. The van der Waals surface area contributed by atoms with Gasteiger partial charge in [0.05, 0.1) is 6.61 Å². The van der Waals surface area contributed by atoms with Crippen molar-refractivity contribution in [1.29, 1.82) is 0 Å². The van der Waals surface area contributed by atoms with Crippen molar-refractivity contribution in [2.45, 2.75) is 38.1 Å². The van der Waals surface area contributed by atoms with Gasteiger partial charge >= 0.3 is 0 Å². The molecule has 1 heterocycles. The molecule has 0 spiro atoms. The Morgan fingerprint density at radius 2 is 2.16 bits per heavy atom. The van der Waals surface area contributed by atoms with Gasteiger partial charge in [0, 0.05) is 17.2 Å². The molecule has 104 valence electrons. The van der Waals surface area contributed by atoms with Crippen molar-refractivity contribution in [3.05, 3.63) is 29.3 Å². The summed E-state index contributed by atoms with van der Waals surface area (Å²) in [5.74, 6) is -0.362. The van der Waals surface area contributed by atoms with E-state index in [-0.39, 0.29) is 11.3 Å². The van der Waals surface area contributed by atoms with Crippen LogP contribution < -0.4 is 10.1 Å². The Morgan fingerprint density at radius 1 is 1.37 bits per heavy atom. The fourth-order valence-electron chi connectivity index (χ4n) is 2.73. The van der Waals surface area contributed by atoms with E-state index in [9.17, 15) is 8.78 Å². The lowest BCUT2D eigenvalue weighted by Crippen LogP contribution is -2.34. The second-order valence-electron chi connectivity index (χ2n) is 5.88. The third-order valence-electron chi connectivity index (χ3n) is 4.13. The lowest BCUT2D eigenvalue weighted by atomic mass is 9.89. The molecule has 19 heavy (non-hydrogen) atoms. The van der Waals surface area contributed by atoms with Crippen LogP contribution in [-0.4, -0.2) is 13.2 Å². The highest BCUT2D eigenvalue weighted by Crippen LogP contribution is 2.39. The Morgan fingerprint density at radius 3 is 2.79 bits per heavy atom. The first-order chi connectivity index (χ1) is 9.08. The molecule has 1 saturated carbocycles. The van der Waals surface area contributed by atoms with Crippen molar-refractivity contribution in [3.63, 3.8) is 0 Å². The summed E-state index contributed by atoms with van der Waals surface area (Å²) in [6.45, 7) is 3.39. The van der Waals surface area contributed by atoms with E-state index in [0.717, 1.165) is 38.3 Å². The second kappa shape index (κ2) is 4.75. The molecular formula is C15H19F2NO. The average molecular weight is 267 g/mol. The Hall–Kier alpha value is -1.16. The molecule has 0 radical (unpaired) electrons. The van der Waals surface area contributed by atoms with Crippen molar-refractivity contribution < 1.29 is 13.5 Å². The summed E-state index contributed by atoms with van der Waals surface area (Å²) in [5.41, 5.74) is 0.227. The molecule has 1 aromatic rings. The molecule has 1 aromatic carbocycles. The van der Waals surface area contributed by atoms with Crippen LogP contribution in [0.2, 0.25) is 0 Å². The highest BCUT2D eigenvalue weighted by atomic mass is 19.1. The van der Waals surface area contributed by atoms with Gasteiger partial charge in [0.2, 0.25) is 0 Å². The van der Waals surface area contributed by atoms with Crippen LogP contribution in [0.25, 0.3) is 0 Å². The molecule has 2 nitrogen and oxygen atoms in total. The van der Waals surface area contributed by atoms with Crippen LogP contribution >= 0.6 is 0 Å². The average Bonchev–Trinajstić information content (AvgIpc) is 3.08. The Bertz CT molecular complexity index is 479. The first-order valence-electron chi connectivity index (χ1n) is 6.96. The topological polar surface area (TPSA) is 21.3 Å². The minimum absolute atomic E-state index is 0.227. The normalized spacial score (nSPS) is 26.7. The standard InChI is InChI=1S/C15H19F2NO/c1-15(5-2-6-18-15)12-7-11(16)8-13(17)14(12)19-9-10-3-4-10/h7-8,10,18H,2-6,9H2,1H3. The van der Waals surface area contributed by atoms with E-state index < -0.39 is 11.6 Å². The largest absolute Gasteiger partial charge is 0.490 e. The third kappa shape index (κ3) is 2.59. The monoisotopic (exact) mass is 267 g/mol. The molecule has 1 N–H and O–H groups in total. The molecule has 1 unspecified atom stereocenters. The van der Waals surface area contributed by atoms with Gasteiger partial charge in [-0.15, -0.1) is 0 Å². The first-order valence-corrected chi connectivity index (χ1v) is 6.96. The number of hydrogen-bond donors (Lipinski definition) is 1. The van der Waals surface area contributed by atoms with Crippen LogP contribution in [0.15, 0.2) is 12.1 Å². The van der Waals surface area contributed by atoms with Crippen molar-refractivity contribution in [2.75, 3.05) is 13.2 Å². The molecule has 1 atom stereocenters. The number of benzene rings is 1. The van der Waals surface area contributed by atoms with E-state index in [0.29, 0.717) is 18.1 Å². The maximum Gasteiger partial charge on any atom is 0.168 e. The molecule has 3 rings (SSSR count). The molecule has 0 bridgehead atoms. The summed E-state index contributed by atoms with van der Waals surface area (Å²) >= 11 is 0. The number of hydrogen-bond acceptors (Lipinski definition) is 2. The van der Waals surface area contributed by atoms with Gasteiger partial charge in [-0.25, -0.2) is 8.78 Å². The minimum atomic E-state index is -0.592. The molecular weight excluding hydrogens is 248 g/mol. The van der Waals surface area contributed by atoms with E-state index in [1.54, 1.807) is 0 Å². The molecule has 2 aliphatic rings. The van der Waals surface area contributed by atoms with Crippen LogP contribution in [0.3, 0.4) is 0 Å². The van der Waals surface area contributed by atoms with Gasteiger partial charge in [-0.1, -0.05) is 0 Å². The Balaban J connectivity index is 1.94. The summed E-state index contributed by atoms with van der Waals surface area (Å²) in [6.07, 6.45) is 4.17. The zero-order valence-electron chi connectivity index (χ0n) is 11.1. The molecule has 1 aliphatic heterocycles. The first kappa shape index (κ1) is 12.9. The summed E-state index contributed by atoms with van der Waals surface area (Å²) in [7, 11) is 0. The number of rotatable bonds is 4. The predicted molar refractivity (Wildman–Crippen MR) is 69.2 cm³/mol. The summed E-state index contributed by atoms with van der Waals surface area (Å²) < 4.78 is 33.2. The highest BCUT2D eigenvalue weighted by Gasteiger charge is 2.35. The number of halogens is 2. The van der Waals surface area contributed by atoms with E-state index in [2.05, 4.69) is 5.32 Å². The van der Waals surface area contributed by atoms with Gasteiger partial charge in [-0.3, -0.25) is 0 Å². The maximum atomic E-state index is 14.0. The van der Waals surface area contributed by atoms with Crippen molar-refractivity contribution in [1.82, 2.24) is 5.32 Å². The predicted octanol–water partition coefficient (Wildman–Crippen LogP) is 3.35. The van der Waals surface area contributed by atoms with E-state index in [4.69, 9.17) is 4.74 Å². The van der Waals surface area contributed by atoms with Crippen LogP contribution in [0.5, 0.6) is 5.75 Å². The zero-order valence-corrected chi connectivity index (χ0v) is 11.1. The minimum Gasteiger partial charge on any atom is -0.490 e. The van der Waals surface area contributed by atoms with Gasteiger partial charge in [0.15, 0.2) is 11.6 Å². The summed E-state index contributed by atoms with van der Waals surface area (Å²) in [5, 5.41) is 3.33. The third-order valence-corrected chi connectivity index (χ3v) is 4.13. The Labute approximate surface area is 112 Å². The van der Waals surface area contributed by atoms with Crippen molar-refractivity contribution in [3.8, 4) is 5.75 Å². The number of nitrogens with one attached hydrogen (secondary N) is 1. The molecule has 2 fully saturated rings. The lowest BCUT2D eigenvalue weighted by molar-refractivity contribution is 0.270. The van der Waals surface area contributed by atoms with Crippen LogP contribution in [0, 0.1) is 17.6 Å². The van der Waals surface area contributed by atoms with Gasteiger partial charge in [-0.2, -0.15) is 0 Å². The molecule has 4 heteroatoms. The summed E-state index contributed by atoms with van der Waals surface area (Å²) in [4.78, 5) is 0. The Kier molecular flexibility index (Phi) is 3.21. The van der Waals surface area contributed by atoms with E-state index in [1.807, 2.05) is 6.92 Å². The second-order valence-corrected chi connectivity index (χ2v) is 5.88. The molecule has 0 amide bonds. The van der Waals surface area contributed by atoms with Crippen LogP contribution in [0.1, 0.15) is 38.2 Å². The molecule has 0 aromatic heterocycles. The van der Waals surface area contributed by atoms with Gasteiger partial charge in [0.25, 0.3) is 0 Å². The van der Waals surface area contributed by atoms with Gasteiger partial charge in [-0.05, 0) is 51.1 Å². The molecule has 1 saturated heterocycles. The fourth-order valence-corrected chi connectivity index (χ4v) is 2.73. The SMILES string of the molecule is CC1(c2cc(F)cc(F)c2OCC2CC2)CCCN1. The smallest absolute Gasteiger partial charge is 0.168 e. The van der Waals surface area contributed by atoms with E-state index in [1.165, 1.54) is 6.07 Å². The van der Waals surface area contributed by atoms with E-state index >= 15 is 0 Å². The van der Waals surface area contributed by atoms with Gasteiger partial charge < -0.3 is 10.1 Å². The van der Waals surface area contributed by atoms with Crippen LogP contribution in [0.4, 0.5) is 8.78 Å². The van der Waals surface area contributed by atoms with Gasteiger partial charge in [0.1, 0.15) is 5.82 Å². The fraction of sp³-hybridized carbons (Fsp3) is 0.600. The highest BCUT2D eigenvalue weighted by molar-refractivity contribution is 5.41. The van der Waals surface area contributed by atoms with Crippen molar-refractivity contribution >= 4 is 0 Å².